The Morgan fingerprint density at radius 1 is 0.273 bits per heavy atom. The van der Waals surface area contributed by atoms with E-state index in [1.165, 1.54) is 104 Å². The number of aromatic nitrogens is 1. The van der Waals surface area contributed by atoms with Gasteiger partial charge in [-0.3, -0.25) is 0 Å². The maximum absolute atomic E-state index is 2.48. The standard InChI is InChI=1S/C64H42N2/c1-4-16-43(17-5-1)49-40-50(44-18-6-2-7-19-44)42-52(41-49)65(51-34-28-46(29-35-51)54-23-11-10-22-53(54)45-20-8-3-9-21-45)61-38-32-47-31-37-58-62(39-33-48-30-36-57(61)63(47)64(48)58)66-59-26-14-12-24-55(59)56-25-13-15-27-60(56)66/h1-42H. The lowest BCUT2D eigenvalue weighted by molar-refractivity contribution is 1.20. The first kappa shape index (κ1) is 37.8. The molecule has 0 atom stereocenters. The SMILES string of the molecule is c1ccc(-c2cc(-c3ccccc3)cc(N(c3ccc(-c4ccccc4-c4ccccc4)cc3)c3ccc4ccc5c(-n6c7ccccc7c7ccccc76)ccc6ccc3c4c65)c2)cc1. The highest BCUT2D eigenvalue weighted by molar-refractivity contribution is 6.27. The van der Waals surface area contributed by atoms with Crippen molar-refractivity contribution in [1.82, 2.24) is 4.57 Å². The van der Waals surface area contributed by atoms with E-state index in [4.69, 9.17) is 0 Å². The molecule has 0 saturated carbocycles. The third-order valence-corrected chi connectivity index (χ3v) is 13.5. The van der Waals surface area contributed by atoms with E-state index in [9.17, 15) is 0 Å². The lowest BCUT2D eigenvalue weighted by atomic mass is 9.91. The van der Waals surface area contributed by atoms with Gasteiger partial charge in [0, 0.05) is 32.9 Å². The molecular weight excluding hydrogens is 797 g/mol. The van der Waals surface area contributed by atoms with Crippen molar-refractivity contribution in [2.75, 3.05) is 4.90 Å². The Balaban J connectivity index is 1.06. The van der Waals surface area contributed by atoms with Crippen molar-refractivity contribution in [2.45, 2.75) is 0 Å². The van der Waals surface area contributed by atoms with E-state index in [0.29, 0.717) is 0 Å². The van der Waals surface area contributed by atoms with Gasteiger partial charge in [0.05, 0.1) is 22.4 Å². The van der Waals surface area contributed by atoms with Crippen molar-refractivity contribution in [3.05, 3.63) is 255 Å². The molecule has 66 heavy (non-hydrogen) atoms. The van der Waals surface area contributed by atoms with Gasteiger partial charge in [0.2, 0.25) is 0 Å². The fraction of sp³-hybridized carbons (Fsp3) is 0. The van der Waals surface area contributed by atoms with Crippen LogP contribution in [-0.4, -0.2) is 4.57 Å². The first-order valence-electron chi connectivity index (χ1n) is 22.8. The number of hydrogen-bond acceptors (Lipinski definition) is 1. The molecule has 0 unspecified atom stereocenters. The van der Waals surface area contributed by atoms with Crippen LogP contribution >= 0.6 is 0 Å². The summed E-state index contributed by atoms with van der Waals surface area (Å²) in [5.41, 5.74) is 16.4. The second-order valence-corrected chi connectivity index (χ2v) is 17.3. The normalized spacial score (nSPS) is 11.6. The van der Waals surface area contributed by atoms with Crippen LogP contribution in [0.5, 0.6) is 0 Å². The van der Waals surface area contributed by atoms with Crippen LogP contribution in [0.15, 0.2) is 255 Å². The number of para-hydroxylation sites is 2. The third kappa shape index (κ3) is 6.18. The summed E-state index contributed by atoms with van der Waals surface area (Å²) >= 11 is 0. The van der Waals surface area contributed by atoms with Gasteiger partial charge in [-0.25, -0.2) is 0 Å². The fourth-order valence-corrected chi connectivity index (χ4v) is 10.5. The molecule has 2 nitrogen and oxygen atoms in total. The van der Waals surface area contributed by atoms with Crippen LogP contribution in [0.4, 0.5) is 17.1 Å². The van der Waals surface area contributed by atoms with Gasteiger partial charge in [-0.2, -0.15) is 0 Å². The third-order valence-electron chi connectivity index (χ3n) is 13.5. The number of rotatable bonds is 8. The van der Waals surface area contributed by atoms with Gasteiger partial charge in [-0.05, 0) is 121 Å². The van der Waals surface area contributed by atoms with Crippen LogP contribution in [0.2, 0.25) is 0 Å². The minimum absolute atomic E-state index is 1.08. The summed E-state index contributed by atoms with van der Waals surface area (Å²) in [6.45, 7) is 0. The first-order valence-corrected chi connectivity index (χ1v) is 22.8. The van der Waals surface area contributed by atoms with E-state index in [2.05, 4.69) is 264 Å². The van der Waals surface area contributed by atoms with Crippen LogP contribution in [-0.2, 0) is 0 Å². The summed E-state index contributed by atoms with van der Waals surface area (Å²) in [4.78, 5) is 2.48. The quantitative estimate of drug-likeness (QED) is 0.138. The molecule has 0 saturated heterocycles. The van der Waals surface area contributed by atoms with Crippen LogP contribution in [0, 0.1) is 0 Å². The Morgan fingerprint density at radius 3 is 1.32 bits per heavy atom. The average molecular weight is 839 g/mol. The van der Waals surface area contributed by atoms with Gasteiger partial charge in [-0.15, -0.1) is 0 Å². The van der Waals surface area contributed by atoms with Crippen molar-refractivity contribution in [1.29, 1.82) is 0 Å². The number of hydrogen-bond donors (Lipinski definition) is 0. The summed E-state index contributed by atoms with van der Waals surface area (Å²) in [6, 6.07) is 93.3. The lowest BCUT2D eigenvalue weighted by Gasteiger charge is -2.29. The Morgan fingerprint density at radius 2 is 0.727 bits per heavy atom. The summed E-state index contributed by atoms with van der Waals surface area (Å²) in [5.74, 6) is 0. The fourth-order valence-electron chi connectivity index (χ4n) is 10.5. The maximum Gasteiger partial charge on any atom is 0.0541 e. The molecule has 308 valence electrons. The largest absolute Gasteiger partial charge is 0.310 e. The van der Waals surface area contributed by atoms with Gasteiger partial charge in [0.25, 0.3) is 0 Å². The van der Waals surface area contributed by atoms with E-state index in [1.54, 1.807) is 0 Å². The van der Waals surface area contributed by atoms with Gasteiger partial charge in [-0.1, -0.05) is 200 Å². The molecule has 0 aliphatic carbocycles. The number of nitrogens with zero attached hydrogens (tertiary/aromatic N) is 2. The topological polar surface area (TPSA) is 8.17 Å². The molecule has 13 aromatic rings. The Kier molecular flexibility index (Phi) is 8.89. The molecule has 0 aliphatic heterocycles. The summed E-state index contributed by atoms with van der Waals surface area (Å²) in [5, 5.41) is 9.97. The van der Waals surface area contributed by atoms with Crippen LogP contribution in [0.3, 0.4) is 0 Å². The predicted molar refractivity (Wildman–Crippen MR) is 281 cm³/mol. The van der Waals surface area contributed by atoms with Gasteiger partial charge >= 0.3 is 0 Å². The number of fused-ring (bicyclic) bond motifs is 3. The smallest absolute Gasteiger partial charge is 0.0541 e. The maximum atomic E-state index is 2.48. The zero-order valence-corrected chi connectivity index (χ0v) is 36.1. The Labute approximate surface area is 383 Å². The van der Waals surface area contributed by atoms with Gasteiger partial charge in [0.1, 0.15) is 0 Å². The molecule has 13 rings (SSSR count). The summed E-state index contributed by atoms with van der Waals surface area (Å²) < 4.78 is 2.46. The Hall–Kier alpha value is -8.72. The molecule has 0 aliphatic rings. The monoisotopic (exact) mass is 838 g/mol. The van der Waals surface area contributed by atoms with Crippen LogP contribution < -0.4 is 4.90 Å². The van der Waals surface area contributed by atoms with Gasteiger partial charge < -0.3 is 9.47 Å². The summed E-state index contributed by atoms with van der Waals surface area (Å²) in [7, 11) is 0. The highest BCUT2D eigenvalue weighted by atomic mass is 15.1. The average Bonchev–Trinajstić information content (AvgIpc) is 3.73. The lowest BCUT2D eigenvalue weighted by Crippen LogP contribution is -2.11. The van der Waals surface area contributed by atoms with Crippen molar-refractivity contribution in [3.8, 4) is 50.2 Å². The van der Waals surface area contributed by atoms with Crippen molar-refractivity contribution in [3.63, 3.8) is 0 Å². The van der Waals surface area contributed by atoms with E-state index >= 15 is 0 Å². The molecule has 0 fully saturated rings. The molecule has 0 spiro atoms. The second kappa shape index (κ2) is 15.5. The van der Waals surface area contributed by atoms with E-state index < -0.39 is 0 Å². The van der Waals surface area contributed by atoms with E-state index in [-0.39, 0.29) is 0 Å². The highest BCUT2D eigenvalue weighted by Gasteiger charge is 2.22. The first-order chi connectivity index (χ1) is 32.7. The second-order valence-electron chi connectivity index (χ2n) is 17.3. The molecule has 2 heteroatoms. The minimum Gasteiger partial charge on any atom is -0.310 e. The number of benzene rings is 12. The number of anilines is 3. The summed E-state index contributed by atoms with van der Waals surface area (Å²) in [6.07, 6.45) is 0. The predicted octanol–water partition coefficient (Wildman–Crippen LogP) is 17.8. The van der Waals surface area contributed by atoms with Crippen LogP contribution in [0.25, 0.3) is 104 Å². The zero-order chi connectivity index (χ0) is 43.6. The minimum atomic E-state index is 1.08. The van der Waals surface area contributed by atoms with Crippen molar-refractivity contribution < 1.29 is 0 Å². The molecule has 1 aromatic heterocycles. The van der Waals surface area contributed by atoms with Crippen molar-refractivity contribution in [2.24, 2.45) is 0 Å². The van der Waals surface area contributed by atoms with E-state index in [1.807, 2.05) is 0 Å². The van der Waals surface area contributed by atoms with Crippen molar-refractivity contribution >= 4 is 71.2 Å². The van der Waals surface area contributed by atoms with Crippen LogP contribution in [0.1, 0.15) is 0 Å². The van der Waals surface area contributed by atoms with E-state index in [0.717, 1.165) is 17.1 Å². The molecule has 0 N–H and O–H groups in total. The highest BCUT2D eigenvalue weighted by Crippen LogP contribution is 2.47. The molecular formula is C64H42N2. The van der Waals surface area contributed by atoms with Gasteiger partial charge in [0.15, 0.2) is 0 Å². The molecule has 0 amide bonds. The Bertz CT molecular complexity index is 3790. The molecule has 0 radical (unpaired) electrons. The molecule has 0 bridgehead atoms. The zero-order valence-electron chi connectivity index (χ0n) is 36.1. The molecule has 12 aromatic carbocycles. The molecule has 1 heterocycles.